The third kappa shape index (κ3) is 50.6. The minimum Gasteiger partial charge on any atom is -0.545 e. The van der Waals surface area contributed by atoms with Gasteiger partial charge in [-0.25, -0.2) is 0 Å². The summed E-state index contributed by atoms with van der Waals surface area (Å²) >= 11 is 0. The number of carboxylic acids is 4. The normalized spacial score (nSPS) is 7.60. The van der Waals surface area contributed by atoms with E-state index in [1.54, 1.807) is 0 Å². The Kier molecular flexibility index (Phi) is 47.5. The van der Waals surface area contributed by atoms with Crippen LogP contribution in [0.2, 0.25) is 0 Å². The van der Waals surface area contributed by atoms with Gasteiger partial charge in [0.25, 0.3) is 0 Å². The van der Waals surface area contributed by atoms with Crippen molar-refractivity contribution >= 4 is 23.9 Å². The molecule has 0 spiro atoms. The van der Waals surface area contributed by atoms with Crippen LogP contribution in [0.25, 0.3) is 0 Å². The fourth-order valence-electron chi connectivity index (χ4n) is 0.272. The molecule has 0 radical (unpaired) electrons. The number of carbonyl (C=O) groups excluding carboxylic acids is 4. The van der Waals surface area contributed by atoms with E-state index in [1.807, 2.05) is 0 Å². The maximum atomic E-state index is 9.41. The maximum Gasteiger partial charge on any atom is 1.00 e. The molecule has 0 fully saturated rings. The number of carboxylic acid groups (broad SMARTS) is 4. The van der Waals surface area contributed by atoms with Gasteiger partial charge in [-0.15, -0.1) is 0 Å². The zero-order valence-electron chi connectivity index (χ0n) is 11.6. The number of hydrogen-bond donors (Lipinski definition) is 0. The van der Waals surface area contributed by atoms with Crippen LogP contribution >= 0.6 is 0 Å². The molecule has 0 aliphatic carbocycles. The monoisotopic (exact) mass is 320 g/mol. The number of carbonyl (C=O) groups is 4. The first-order chi connectivity index (χ1) is 7.25. The van der Waals surface area contributed by atoms with Gasteiger partial charge in [0, 0.05) is 0 Å². The van der Waals surface area contributed by atoms with Gasteiger partial charge in [-0.05, 0) is 24.3 Å². The quantitative estimate of drug-likeness (QED) is 0.364. The molecule has 0 saturated carbocycles. The van der Waals surface area contributed by atoms with Crippen LogP contribution in [-0.4, -0.2) is 23.9 Å². The predicted molar refractivity (Wildman–Crippen MR) is 38.3 cm³/mol. The Morgan fingerprint density at radius 1 is 0.450 bits per heavy atom. The van der Waals surface area contributed by atoms with Gasteiger partial charge in [-0.1, -0.05) is 0 Å². The molecule has 0 saturated heterocycles. The molecule has 0 aliphatic heterocycles. The first-order valence-electron chi connectivity index (χ1n) is 3.45. The Morgan fingerprint density at radius 3 is 0.600 bits per heavy atom. The molecule has 0 atom stereocenters. The molecule has 12 heteroatoms. The van der Waals surface area contributed by atoms with Crippen molar-refractivity contribution in [3.63, 3.8) is 0 Å². The van der Waals surface area contributed by atoms with Crippen LogP contribution in [0, 0.1) is 0 Å². The van der Waals surface area contributed by atoms with E-state index in [-0.39, 0.29) is 118 Å². The second-order valence-electron chi connectivity index (χ2n) is 1.94. The van der Waals surface area contributed by atoms with Crippen molar-refractivity contribution in [2.45, 2.75) is 0 Å². The summed E-state index contributed by atoms with van der Waals surface area (Å²) in [5, 5.41) is 37.7. The molecular weight excluding hydrogens is 316 g/mol. The van der Waals surface area contributed by atoms with Crippen LogP contribution in [0.3, 0.4) is 0 Å². The largest absolute Gasteiger partial charge is 1.00 e. The van der Waals surface area contributed by atoms with E-state index >= 15 is 0 Å². The van der Waals surface area contributed by atoms with Crippen molar-refractivity contribution < 1.29 is 158 Å². The van der Waals surface area contributed by atoms with E-state index in [1.165, 1.54) is 0 Å². The minimum atomic E-state index is -1.55. The smallest absolute Gasteiger partial charge is 0.545 e. The van der Waals surface area contributed by atoms with Crippen molar-refractivity contribution in [2.24, 2.45) is 0 Å². The van der Waals surface area contributed by atoms with Crippen LogP contribution in [0.5, 0.6) is 0 Å². The molecule has 0 bridgehead atoms. The summed E-state index contributed by atoms with van der Waals surface area (Å²) in [4.78, 5) is 37.7. The first kappa shape index (κ1) is 37.5. The third-order valence-electron chi connectivity index (χ3n) is 0.711. The van der Waals surface area contributed by atoms with Crippen LogP contribution in [0.15, 0.2) is 24.3 Å². The molecule has 0 aromatic rings. The van der Waals surface area contributed by atoms with Gasteiger partial charge in [0.05, 0.1) is 23.9 Å². The molecule has 0 rings (SSSR count). The Bertz CT molecular complexity index is 286. The van der Waals surface area contributed by atoms with Crippen LogP contribution in [-0.2, 0) is 19.2 Å². The number of hydrogen-bond acceptors (Lipinski definition) is 8. The molecule has 0 unspecified atom stereocenters. The van der Waals surface area contributed by atoms with Gasteiger partial charge in [0.2, 0.25) is 0 Å². The second kappa shape index (κ2) is 25.3. The molecule has 0 N–H and O–H groups in total. The molecular formula is C8H4Na4O8. The fraction of sp³-hybridized carbons (Fsp3) is 0. The van der Waals surface area contributed by atoms with Crippen molar-refractivity contribution in [1.82, 2.24) is 0 Å². The summed E-state index contributed by atoms with van der Waals surface area (Å²) < 4.78 is 0. The summed E-state index contributed by atoms with van der Waals surface area (Å²) in [5.41, 5.74) is 0. The minimum absolute atomic E-state index is 0. The van der Waals surface area contributed by atoms with Crippen LogP contribution < -0.4 is 139 Å². The van der Waals surface area contributed by atoms with Crippen molar-refractivity contribution in [1.29, 1.82) is 0 Å². The Morgan fingerprint density at radius 2 is 0.550 bits per heavy atom. The summed E-state index contributed by atoms with van der Waals surface area (Å²) in [6, 6.07) is 0. The van der Waals surface area contributed by atoms with E-state index in [9.17, 15) is 39.6 Å². The van der Waals surface area contributed by atoms with E-state index < -0.39 is 23.9 Å². The van der Waals surface area contributed by atoms with Crippen molar-refractivity contribution in [3.8, 4) is 0 Å². The van der Waals surface area contributed by atoms with E-state index in [2.05, 4.69) is 0 Å². The summed E-state index contributed by atoms with van der Waals surface area (Å²) in [6.07, 6.45) is 1.54. The van der Waals surface area contributed by atoms with Gasteiger partial charge in [-0.2, -0.15) is 0 Å². The van der Waals surface area contributed by atoms with E-state index in [0.29, 0.717) is 24.3 Å². The van der Waals surface area contributed by atoms with E-state index in [4.69, 9.17) is 0 Å². The molecule has 8 nitrogen and oxygen atoms in total. The van der Waals surface area contributed by atoms with Gasteiger partial charge >= 0.3 is 118 Å². The number of aliphatic carboxylic acids is 4. The molecule has 20 heavy (non-hydrogen) atoms. The molecule has 0 aromatic heterocycles. The van der Waals surface area contributed by atoms with Crippen LogP contribution in [0.1, 0.15) is 0 Å². The molecule has 0 aliphatic rings. The Balaban J connectivity index is -0.0000000408. The van der Waals surface area contributed by atoms with Crippen molar-refractivity contribution in [2.75, 3.05) is 0 Å². The fourth-order valence-corrected chi connectivity index (χ4v) is 0.272. The summed E-state index contributed by atoms with van der Waals surface area (Å²) in [7, 11) is 0. The summed E-state index contributed by atoms with van der Waals surface area (Å²) in [6.45, 7) is 0. The molecule has 88 valence electrons. The van der Waals surface area contributed by atoms with Gasteiger partial charge < -0.3 is 39.6 Å². The second-order valence-corrected chi connectivity index (χ2v) is 1.94. The third-order valence-corrected chi connectivity index (χ3v) is 0.711. The average Bonchev–Trinajstić information content (AvgIpc) is 2.12. The molecule has 0 amide bonds. The zero-order valence-corrected chi connectivity index (χ0v) is 19.6. The molecule has 0 heterocycles. The SMILES string of the molecule is O=C([O-])/C=C/C(=O)[O-].O=C([O-])/C=C\C(=O)[O-].[Na+].[Na+].[Na+].[Na+]. The standard InChI is InChI=1S/2C4H4O4.4Na/c2*5-3(6)1-2-4(7)8;;;;/h2*1-2H,(H,5,6)(H,7,8);;;;/q;;4*+1/p-4/b2-1+;2-1-;;;;. The Labute approximate surface area is 202 Å². The van der Waals surface area contributed by atoms with E-state index in [0.717, 1.165) is 0 Å². The van der Waals surface area contributed by atoms with Crippen molar-refractivity contribution in [3.05, 3.63) is 24.3 Å². The Hall–Kier alpha value is 1.36. The first-order valence-corrected chi connectivity index (χ1v) is 3.45. The number of rotatable bonds is 4. The average molecular weight is 320 g/mol. The predicted octanol–water partition coefficient (Wildman–Crippen LogP) is -17.9. The van der Waals surface area contributed by atoms with Gasteiger partial charge in [0.15, 0.2) is 0 Å². The topological polar surface area (TPSA) is 161 Å². The maximum absolute atomic E-state index is 9.41. The molecule has 0 aromatic carbocycles. The zero-order chi connectivity index (χ0) is 13.1. The van der Waals surface area contributed by atoms with Crippen LogP contribution in [0.4, 0.5) is 0 Å². The van der Waals surface area contributed by atoms with Gasteiger partial charge in [0.1, 0.15) is 0 Å². The summed E-state index contributed by atoms with van der Waals surface area (Å²) in [5.74, 6) is -6.19. The van der Waals surface area contributed by atoms with Gasteiger partial charge in [-0.3, -0.25) is 0 Å².